The van der Waals surface area contributed by atoms with Crippen molar-refractivity contribution in [3.8, 4) is 0 Å². The van der Waals surface area contributed by atoms with Crippen LogP contribution in [0.3, 0.4) is 0 Å². The Bertz CT molecular complexity index is 542. The fourth-order valence-corrected chi connectivity index (χ4v) is 2.18. The van der Waals surface area contributed by atoms with Gasteiger partial charge < -0.3 is 15.8 Å². The minimum atomic E-state index is -3.56. The van der Waals surface area contributed by atoms with Crippen LogP contribution < -0.4 is 16.2 Å². The summed E-state index contributed by atoms with van der Waals surface area (Å²) in [5, 5.41) is 7.59. The first-order valence-electron chi connectivity index (χ1n) is 5.96. The molecule has 1 amide bonds. The average Bonchev–Trinajstić information content (AvgIpc) is 2.36. The number of hydrogen-bond acceptors (Lipinski definition) is 5. The average molecular weight is 301 g/mol. The fourth-order valence-electron chi connectivity index (χ4n) is 1.53. The molecule has 0 heterocycles. The van der Waals surface area contributed by atoms with E-state index >= 15 is 0 Å². The quantitative estimate of drug-likeness (QED) is 0.642. The third-order valence-electron chi connectivity index (χ3n) is 2.56. The molecule has 0 aliphatic carbocycles. The summed E-state index contributed by atoms with van der Waals surface area (Å²) in [6, 6.07) is 5.71. The Labute approximate surface area is 118 Å². The number of anilines is 1. The number of benzene rings is 1. The normalized spacial score (nSPS) is 12.9. The molecule has 7 nitrogen and oxygen atoms in total. The molecule has 0 aromatic heterocycles. The molecule has 1 rings (SSSR count). The summed E-state index contributed by atoms with van der Waals surface area (Å²) in [7, 11) is -2.02. The zero-order chi connectivity index (χ0) is 15.2. The van der Waals surface area contributed by atoms with Crippen LogP contribution in [0.4, 0.5) is 5.69 Å². The van der Waals surface area contributed by atoms with Crippen LogP contribution in [0, 0.1) is 0 Å². The van der Waals surface area contributed by atoms with E-state index in [-0.39, 0.29) is 11.7 Å². The molecular weight excluding hydrogens is 282 g/mol. The summed E-state index contributed by atoms with van der Waals surface area (Å²) in [6.07, 6.45) is 0.422. The maximum Gasteiger partial charge on any atom is 0.241 e. The molecule has 0 fully saturated rings. The summed E-state index contributed by atoms with van der Waals surface area (Å²) in [5.41, 5.74) is 6.77. The second-order valence-corrected chi connectivity index (χ2v) is 6.00. The van der Waals surface area contributed by atoms with Gasteiger partial charge in [0.15, 0.2) is 0 Å². The lowest BCUT2D eigenvalue weighted by atomic mass is 10.2. The van der Waals surface area contributed by atoms with E-state index < -0.39 is 16.1 Å². The van der Waals surface area contributed by atoms with E-state index in [2.05, 4.69) is 5.32 Å². The lowest BCUT2D eigenvalue weighted by Crippen LogP contribution is -2.36. The minimum absolute atomic E-state index is 0.241. The van der Waals surface area contributed by atoms with Gasteiger partial charge in [0, 0.05) is 19.4 Å². The van der Waals surface area contributed by atoms with Crippen molar-refractivity contribution >= 4 is 21.6 Å². The number of hydrogen-bond donors (Lipinski definition) is 3. The van der Waals surface area contributed by atoms with E-state index in [4.69, 9.17) is 15.6 Å². The van der Waals surface area contributed by atoms with E-state index in [0.29, 0.717) is 24.3 Å². The lowest BCUT2D eigenvalue weighted by molar-refractivity contribution is -0.117. The van der Waals surface area contributed by atoms with Crippen LogP contribution in [0.2, 0.25) is 0 Å². The number of amides is 1. The number of primary sulfonamides is 1. The predicted octanol–water partition coefficient (Wildman–Crippen LogP) is -0.223. The molecule has 1 aromatic rings. The van der Waals surface area contributed by atoms with Crippen LogP contribution in [-0.2, 0) is 25.3 Å². The number of nitrogens with one attached hydrogen (secondary N) is 1. The summed E-state index contributed by atoms with van der Waals surface area (Å²) < 4.78 is 26.7. The number of carbonyl (C=O) groups is 1. The Morgan fingerprint density at radius 2 is 1.95 bits per heavy atom. The van der Waals surface area contributed by atoms with E-state index in [1.807, 2.05) is 0 Å². The summed E-state index contributed by atoms with van der Waals surface area (Å²) in [4.78, 5) is 11.7. The van der Waals surface area contributed by atoms with Gasteiger partial charge in [0.1, 0.15) is 0 Å². The van der Waals surface area contributed by atoms with E-state index in [1.54, 1.807) is 24.3 Å². The van der Waals surface area contributed by atoms with Crippen molar-refractivity contribution in [1.82, 2.24) is 0 Å². The third kappa shape index (κ3) is 6.11. The molecule has 1 unspecified atom stereocenters. The van der Waals surface area contributed by atoms with Gasteiger partial charge in [0.05, 0.1) is 11.8 Å². The van der Waals surface area contributed by atoms with Crippen LogP contribution in [-0.4, -0.2) is 34.1 Å². The molecule has 1 atom stereocenters. The highest BCUT2D eigenvalue weighted by molar-refractivity contribution is 7.88. The highest BCUT2D eigenvalue weighted by Crippen LogP contribution is 2.11. The number of sulfonamides is 1. The zero-order valence-electron chi connectivity index (χ0n) is 11.2. The van der Waals surface area contributed by atoms with Crippen molar-refractivity contribution in [3.05, 3.63) is 29.8 Å². The van der Waals surface area contributed by atoms with Gasteiger partial charge in [-0.1, -0.05) is 12.1 Å². The van der Waals surface area contributed by atoms with Gasteiger partial charge in [-0.2, -0.15) is 0 Å². The van der Waals surface area contributed by atoms with Crippen LogP contribution in [0.15, 0.2) is 24.3 Å². The van der Waals surface area contributed by atoms with Gasteiger partial charge in [-0.15, -0.1) is 0 Å². The molecule has 112 valence electrons. The van der Waals surface area contributed by atoms with Crippen molar-refractivity contribution in [3.63, 3.8) is 0 Å². The Kier molecular flexibility index (Phi) is 6.08. The number of ether oxygens (including phenoxy) is 1. The second kappa shape index (κ2) is 7.34. The van der Waals surface area contributed by atoms with Crippen LogP contribution in [0.25, 0.3) is 0 Å². The molecule has 1 aromatic carbocycles. The molecule has 0 radical (unpaired) electrons. The predicted molar refractivity (Wildman–Crippen MR) is 76.4 cm³/mol. The van der Waals surface area contributed by atoms with E-state index in [1.165, 1.54) is 7.11 Å². The number of carbonyl (C=O) groups excluding carboxylic acids is 1. The van der Waals surface area contributed by atoms with Gasteiger partial charge in [-0.25, -0.2) is 13.6 Å². The largest absolute Gasteiger partial charge is 0.385 e. The minimum Gasteiger partial charge on any atom is -0.385 e. The molecule has 5 N–H and O–H groups in total. The lowest BCUT2D eigenvalue weighted by Gasteiger charge is -2.12. The topological polar surface area (TPSA) is 125 Å². The molecule has 8 heteroatoms. The molecule has 0 spiro atoms. The van der Waals surface area contributed by atoms with Gasteiger partial charge >= 0.3 is 0 Å². The number of nitrogens with two attached hydrogens (primary N) is 2. The first kappa shape index (κ1) is 16.6. The molecule has 0 saturated carbocycles. The molecule has 20 heavy (non-hydrogen) atoms. The smallest absolute Gasteiger partial charge is 0.241 e. The maximum absolute atomic E-state index is 11.7. The highest BCUT2D eigenvalue weighted by atomic mass is 32.2. The molecule has 0 bridgehead atoms. The number of rotatable bonds is 7. The van der Waals surface area contributed by atoms with Crippen molar-refractivity contribution in [2.24, 2.45) is 10.9 Å². The first-order chi connectivity index (χ1) is 9.31. The second-order valence-electron chi connectivity index (χ2n) is 4.38. The zero-order valence-corrected chi connectivity index (χ0v) is 12.0. The molecule has 0 aliphatic rings. The van der Waals surface area contributed by atoms with Crippen molar-refractivity contribution in [2.45, 2.75) is 18.2 Å². The van der Waals surface area contributed by atoms with E-state index in [9.17, 15) is 13.2 Å². The van der Waals surface area contributed by atoms with E-state index in [0.717, 1.165) is 0 Å². The summed E-state index contributed by atoms with van der Waals surface area (Å²) in [6.45, 7) is 0.405. The maximum atomic E-state index is 11.7. The molecular formula is C12H19N3O4S. The SMILES string of the molecule is COCCC(N)C(=O)Nc1ccc(CS(N)(=O)=O)cc1. The number of methoxy groups -OCH3 is 1. The highest BCUT2D eigenvalue weighted by Gasteiger charge is 2.13. The monoisotopic (exact) mass is 301 g/mol. The summed E-state index contributed by atoms with van der Waals surface area (Å²) in [5.74, 6) is -0.560. The van der Waals surface area contributed by atoms with Gasteiger partial charge in [-0.3, -0.25) is 4.79 Å². The van der Waals surface area contributed by atoms with Crippen LogP contribution >= 0.6 is 0 Å². The Morgan fingerprint density at radius 1 is 1.35 bits per heavy atom. The van der Waals surface area contributed by atoms with Gasteiger partial charge in [0.2, 0.25) is 15.9 Å². The van der Waals surface area contributed by atoms with Crippen LogP contribution in [0.1, 0.15) is 12.0 Å². The van der Waals surface area contributed by atoms with Crippen LogP contribution in [0.5, 0.6) is 0 Å². The molecule has 0 saturated heterocycles. The molecule has 0 aliphatic heterocycles. The standard InChI is InChI=1S/C12H19N3O4S/c1-19-7-6-11(13)12(16)15-10-4-2-9(3-5-10)8-20(14,17)18/h2-5,11H,6-8,13H2,1H3,(H,15,16)(H2,14,17,18). The Morgan fingerprint density at radius 3 is 2.45 bits per heavy atom. The van der Waals surface area contributed by atoms with Crippen molar-refractivity contribution in [1.29, 1.82) is 0 Å². The fraction of sp³-hybridized carbons (Fsp3) is 0.417. The first-order valence-corrected chi connectivity index (χ1v) is 7.68. The van der Waals surface area contributed by atoms with Crippen molar-refractivity contribution in [2.75, 3.05) is 19.0 Å². The van der Waals surface area contributed by atoms with Crippen molar-refractivity contribution < 1.29 is 17.9 Å². The van der Waals surface area contributed by atoms with Gasteiger partial charge in [-0.05, 0) is 24.1 Å². The Balaban J connectivity index is 2.59. The summed E-state index contributed by atoms with van der Waals surface area (Å²) >= 11 is 0. The third-order valence-corrected chi connectivity index (χ3v) is 3.29. The Hall–Kier alpha value is -1.48. The van der Waals surface area contributed by atoms with Gasteiger partial charge in [0.25, 0.3) is 0 Å².